The Morgan fingerprint density at radius 3 is 3.22 bits per heavy atom. The minimum absolute atomic E-state index is 0.122. The number of aromatic nitrogens is 2. The number of nitrogens with zero attached hydrogens (tertiary/aromatic N) is 2. The largest absolute Gasteiger partial charge is 0.391 e. The predicted octanol–water partition coefficient (Wildman–Crippen LogP) is -0.377. The van der Waals surface area contributed by atoms with Gasteiger partial charge < -0.3 is 15.7 Å². The Balaban J connectivity index is 1.74. The lowest BCUT2D eigenvalue weighted by molar-refractivity contribution is -0.122. The molecule has 2 heterocycles. The second-order valence-corrected chi connectivity index (χ2v) is 4.92. The van der Waals surface area contributed by atoms with E-state index in [0.717, 1.165) is 13.0 Å². The summed E-state index contributed by atoms with van der Waals surface area (Å²) in [6, 6.07) is 0. The number of aliphatic hydroxyl groups is 1. The van der Waals surface area contributed by atoms with Gasteiger partial charge in [0.25, 0.3) is 0 Å². The first-order valence-electron chi connectivity index (χ1n) is 5.98. The number of halogens is 1. The lowest BCUT2D eigenvalue weighted by Gasteiger charge is -2.28. The molecule has 0 aliphatic carbocycles. The summed E-state index contributed by atoms with van der Waals surface area (Å²) in [7, 11) is 0. The number of piperidine rings is 1. The van der Waals surface area contributed by atoms with Crippen molar-refractivity contribution in [1.82, 2.24) is 20.4 Å². The van der Waals surface area contributed by atoms with Crippen molar-refractivity contribution in [3.05, 3.63) is 17.4 Å². The van der Waals surface area contributed by atoms with E-state index >= 15 is 0 Å². The van der Waals surface area contributed by atoms with Crippen molar-refractivity contribution in [3.63, 3.8) is 0 Å². The van der Waals surface area contributed by atoms with Crippen molar-refractivity contribution in [1.29, 1.82) is 0 Å². The molecule has 1 aliphatic rings. The zero-order valence-electron chi connectivity index (χ0n) is 9.97. The van der Waals surface area contributed by atoms with Crippen LogP contribution in [-0.4, -0.2) is 46.5 Å². The maximum atomic E-state index is 11.7. The Kier molecular flexibility index (Phi) is 4.57. The van der Waals surface area contributed by atoms with Crippen LogP contribution in [0.4, 0.5) is 0 Å². The van der Waals surface area contributed by atoms with Crippen LogP contribution in [0, 0.1) is 5.92 Å². The Labute approximate surface area is 110 Å². The van der Waals surface area contributed by atoms with Gasteiger partial charge in [0.2, 0.25) is 5.91 Å². The Morgan fingerprint density at radius 1 is 1.72 bits per heavy atom. The molecule has 18 heavy (non-hydrogen) atoms. The molecular weight excluding hydrogens is 256 g/mol. The summed E-state index contributed by atoms with van der Waals surface area (Å²) in [6.45, 7) is 2.12. The average Bonchev–Trinajstić information content (AvgIpc) is 2.74. The summed E-state index contributed by atoms with van der Waals surface area (Å²) < 4.78 is 1.48. The van der Waals surface area contributed by atoms with Crippen LogP contribution in [-0.2, 0) is 11.3 Å². The molecule has 1 aliphatic heterocycles. The minimum atomic E-state index is -0.391. The second kappa shape index (κ2) is 6.17. The molecule has 2 atom stereocenters. The summed E-state index contributed by atoms with van der Waals surface area (Å²) in [5.74, 6) is -0.00286. The molecule has 2 rings (SSSR count). The van der Waals surface area contributed by atoms with Crippen LogP contribution in [0.5, 0.6) is 0 Å². The van der Waals surface area contributed by atoms with E-state index in [0.29, 0.717) is 18.1 Å². The molecule has 100 valence electrons. The van der Waals surface area contributed by atoms with Crippen LogP contribution in [0.15, 0.2) is 12.4 Å². The molecule has 1 aromatic rings. The van der Waals surface area contributed by atoms with Gasteiger partial charge in [-0.2, -0.15) is 5.10 Å². The van der Waals surface area contributed by atoms with E-state index in [9.17, 15) is 9.90 Å². The summed E-state index contributed by atoms with van der Waals surface area (Å²) in [4.78, 5) is 11.7. The number of nitrogens with one attached hydrogen (secondary N) is 2. The minimum Gasteiger partial charge on any atom is -0.391 e. The number of β-amino-alcohol motifs (C(OH)–C–C–N with tert-alkyl or cyclic N) is 1. The van der Waals surface area contributed by atoms with Crippen LogP contribution in [0.25, 0.3) is 0 Å². The average molecular weight is 273 g/mol. The molecule has 0 bridgehead atoms. The van der Waals surface area contributed by atoms with Crippen LogP contribution >= 0.6 is 11.6 Å². The van der Waals surface area contributed by atoms with Crippen molar-refractivity contribution >= 4 is 17.5 Å². The molecule has 0 spiro atoms. The smallest absolute Gasteiger partial charge is 0.241 e. The number of amides is 1. The topological polar surface area (TPSA) is 79.2 Å². The standard InChI is InChI=1S/C11H17ClN4O2/c12-9-4-15-16(6-9)7-11(18)14-3-8-1-2-13-5-10(8)17/h4,6,8,10,13,17H,1-3,5,7H2,(H,14,18)/t8-,10+/m0/s1. The fourth-order valence-electron chi connectivity index (χ4n) is 2.01. The van der Waals surface area contributed by atoms with E-state index < -0.39 is 6.10 Å². The molecule has 1 fully saturated rings. The lowest BCUT2D eigenvalue weighted by atomic mass is 9.95. The SMILES string of the molecule is O=C(Cn1cc(Cl)cn1)NC[C@@H]1CCNC[C@H]1O. The summed E-state index contributed by atoms with van der Waals surface area (Å²) >= 11 is 5.71. The van der Waals surface area contributed by atoms with Gasteiger partial charge in [-0.25, -0.2) is 0 Å². The Bertz CT molecular complexity index is 410. The number of hydrogen-bond acceptors (Lipinski definition) is 4. The van der Waals surface area contributed by atoms with Crippen molar-refractivity contribution in [2.24, 2.45) is 5.92 Å². The molecule has 1 aromatic heterocycles. The van der Waals surface area contributed by atoms with E-state index in [-0.39, 0.29) is 18.4 Å². The van der Waals surface area contributed by atoms with Crippen LogP contribution in [0.1, 0.15) is 6.42 Å². The van der Waals surface area contributed by atoms with Crippen LogP contribution in [0.3, 0.4) is 0 Å². The van der Waals surface area contributed by atoms with Gasteiger partial charge in [0, 0.05) is 25.2 Å². The number of aliphatic hydroxyl groups excluding tert-OH is 1. The molecule has 1 amide bonds. The number of hydrogen-bond donors (Lipinski definition) is 3. The summed E-state index contributed by atoms with van der Waals surface area (Å²) in [6.07, 6.45) is 3.57. The van der Waals surface area contributed by atoms with E-state index in [4.69, 9.17) is 11.6 Å². The van der Waals surface area contributed by atoms with Gasteiger partial charge in [0.1, 0.15) is 6.54 Å². The molecular formula is C11H17ClN4O2. The summed E-state index contributed by atoms with van der Waals surface area (Å²) in [5.41, 5.74) is 0. The molecule has 3 N–H and O–H groups in total. The molecule has 0 saturated carbocycles. The third kappa shape index (κ3) is 3.69. The summed E-state index contributed by atoms with van der Waals surface area (Å²) in [5, 5.41) is 20.1. The Hall–Kier alpha value is -1.11. The zero-order valence-corrected chi connectivity index (χ0v) is 10.7. The van der Waals surface area contributed by atoms with Gasteiger partial charge in [-0.05, 0) is 13.0 Å². The monoisotopic (exact) mass is 272 g/mol. The van der Waals surface area contributed by atoms with Gasteiger partial charge in [0.15, 0.2) is 0 Å². The van der Waals surface area contributed by atoms with Gasteiger partial charge in [-0.15, -0.1) is 0 Å². The first-order chi connectivity index (χ1) is 8.65. The highest BCUT2D eigenvalue weighted by Crippen LogP contribution is 2.11. The third-order valence-corrected chi connectivity index (χ3v) is 3.25. The highest BCUT2D eigenvalue weighted by Gasteiger charge is 2.22. The van der Waals surface area contributed by atoms with Gasteiger partial charge in [0.05, 0.1) is 17.3 Å². The van der Waals surface area contributed by atoms with Crippen LogP contribution < -0.4 is 10.6 Å². The first kappa shape index (κ1) is 13.3. The zero-order chi connectivity index (χ0) is 13.0. The van der Waals surface area contributed by atoms with Crippen LogP contribution in [0.2, 0.25) is 5.02 Å². The molecule has 1 saturated heterocycles. The number of carbonyl (C=O) groups is 1. The van der Waals surface area contributed by atoms with Gasteiger partial charge in [-0.1, -0.05) is 11.6 Å². The highest BCUT2D eigenvalue weighted by atomic mass is 35.5. The maximum Gasteiger partial charge on any atom is 0.241 e. The van der Waals surface area contributed by atoms with Crippen molar-refractivity contribution in [3.8, 4) is 0 Å². The maximum absolute atomic E-state index is 11.7. The Morgan fingerprint density at radius 2 is 2.56 bits per heavy atom. The van der Waals surface area contributed by atoms with Crippen molar-refractivity contribution in [2.75, 3.05) is 19.6 Å². The van der Waals surface area contributed by atoms with E-state index in [1.54, 1.807) is 6.20 Å². The molecule has 0 radical (unpaired) electrons. The molecule has 0 aromatic carbocycles. The highest BCUT2D eigenvalue weighted by molar-refractivity contribution is 6.30. The third-order valence-electron chi connectivity index (χ3n) is 3.06. The normalized spacial score (nSPS) is 23.9. The fourth-order valence-corrected chi connectivity index (χ4v) is 2.16. The van der Waals surface area contributed by atoms with E-state index in [2.05, 4.69) is 15.7 Å². The van der Waals surface area contributed by atoms with Crippen molar-refractivity contribution in [2.45, 2.75) is 19.1 Å². The van der Waals surface area contributed by atoms with E-state index in [1.807, 2.05) is 0 Å². The fraction of sp³-hybridized carbons (Fsp3) is 0.636. The number of carbonyl (C=O) groups excluding carboxylic acids is 1. The molecule has 0 unspecified atom stereocenters. The van der Waals surface area contributed by atoms with E-state index in [1.165, 1.54) is 10.9 Å². The lowest BCUT2D eigenvalue weighted by Crippen LogP contribution is -2.45. The first-order valence-corrected chi connectivity index (χ1v) is 6.36. The molecule has 7 heteroatoms. The van der Waals surface area contributed by atoms with Gasteiger partial charge >= 0.3 is 0 Å². The van der Waals surface area contributed by atoms with Gasteiger partial charge in [-0.3, -0.25) is 9.48 Å². The van der Waals surface area contributed by atoms with Crippen molar-refractivity contribution < 1.29 is 9.90 Å². The number of rotatable bonds is 4. The second-order valence-electron chi connectivity index (χ2n) is 4.48. The predicted molar refractivity (Wildman–Crippen MR) is 67.2 cm³/mol. The molecule has 6 nitrogen and oxygen atoms in total. The quantitative estimate of drug-likeness (QED) is 0.698.